The number of aromatic nitrogens is 1. The van der Waals surface area contributed by atoms with Crippen LogP contribution in [0, 0.1) is 5.41 Å². The molecule has 4 nitrogen and oxygen atoms in total. The Balaban J connectivity index is 2.54. The van der Waals surface area contributed by atoms with Gasteiger partial charge < -0.3 is 5.32 Å². The molecule has 0 fully saturated rings. The molecule has 0 saturated heterocycles. The fraction of sp³-hybridized carbons (Fsp3) is 0.714. The molecule has 1 aromatic rings. The van der Waals surface area contributed by atoms with Gasteiger partial charge in [0.2, 0.25) is 5.91 Å². The number of nitrogens with one attached hydrogen (secondary N) is 1. The molecule has 1 heterocycles. The Bertz CT molecular complexity index is 415. The van der Waals surface area contributed by atoms with E-state index < -0.39 is 0 Å². The Kier molecular flexibility index (Phi) is 5.94. The summed E-state index contributed by atoms with van der Waals surface area (Å²) >= 11 is 1.53. The van der Waals surface area contributed by atoms with Gasteiger partial charge in [0.25, 0.3) is 0 Å². The van der Waals surface area contributed by atoms with Crippen LogP contribution in [0.4, 0.5) is 5.13 Å². The van der Waals surface area contributed by atoms with Crippen LogP contribution in [0.1, 0.15) is 46.7 Å². The molecule has 0 radical (unpaired) electrons. The number of carbonyl (C=O) groups excluding carboxylic acids is 1. The highest BCUT2D eigenvalue weighted by Gasteiger charge is 2.15. The maximum absolute atomic E-state index is 11.4. The van der Waals surface area contributed by atoms with E-state index in [2.05, 4.69) is 31.1 Å². The minimum Gasteiger partial charge on any atom is -0.311 e. The molecule has 0 unspecified atom stereocenters. The predicted molar refractivity (Wildman–Crippen MR) is 81.6 cm³/mol. The van der Waals surface area contributed by atoms with Crippen LogP contribution in [-0.2, 0) is 11.3 Å². The highest BCUT2D eigenvalue weighted by atomic mass is 32.1. The summed E-state index contributed by atoms with van der Waals surface area (Å²) in [6.07, 6.45) is 1.15. The lowest BCUT2D eigenvalue weighted by molar-refractivity contribution is -0.116. The monoisotopic (exact) mass is 283 g/mol. The average molecular weight is 283 g/mol. The average Bonchev–Trinajstić information content (AvgIpc) is 2.78. The van der Waals surface area contributed by atoms with Crippen LogP contribution in [0.15, 0.2) is 5.38 Å². The highest BCUT2D eigenvalue weighted by molar-refractivity contribution is 7.14. The molecular formula is C14H25N3OS. The smallest absolute Gasteiger partial charge is 0.225 e. The topological polar surface area (TPSA) is 45.2 Å². The van der Waals surface area contributed by atoms with Crippen molar-refractivity contribution in [2.45, 2.75) is 47.6 Å². The Morgan fingerprint density at radius 2 is 2.16 bits per heavy atom. The summed E-state index contributed by atoms with van der Waals surface area (Å²) in [6, 6.07) is 0. The normalized spacial score (nSPS) is 11.6. The zero-order chi connectivity index (χ0) is 14.5. The van der Waals surface area contributed by atoms with Gasteiger partial charge in [0, 0.05) is 31.9 Å². The Morgan fingerprint density at radius 3 is 2.68 bits per heavy atom. The van der Waals surface area contributed by atoms with Gasteiger partial charge in [-0.3, -0.25) is 9.69 Å². The van der Waals surface area contributed by atoms with Crippen molar-refractivity contribution in [2.75, 3.05) is 18.0 Å². The summed E-state index contributed by atoms with van der Waals surface area (Å²) in [6.45, 7) is 12.6. The van der Waals surface area contributed by atoms with E-state index in [1.165, 1.54) is 11.3 Å². The van der Waals surface area contributed by atoms with Crippen molar-refractivity contribution in [1.29, 1.82) is 0 Å². The second kappa shape index (κ2) is 7.01. The number of rotatable bonds is 7. The summed E-state index contributed by atoms with van der Waals surface area (Å²) < 4.78 is 0. The summed E-state index contributed by atoms with van der Waals surface area (Å²) in [4.78, 5) is 17.7. The van der Waals surface area contributed by atoms with Gasteiger partial charge in [-0.1, -0.05) is 20.8 Å². The first-order valence-corrected chi connectivity index (χ1v) is 7.70. The second-order valence-corrected chi connectivity index (χ2v) is 6.34. The van der Waals surface area contributed by atoms with Gasteiger partial charge in [0.1, 0.15) is 0 Å². The lowest BCUT2D eigenvalue weighted by atomic mass is 9.90. The number of amides is 1. The molecule has 0 aliphatic rings. The summed E-state index contributed by atoms with van der Waals surface area (Å²) in [7, 11) is 0. The van der Waals surface area contributed by atoms with E-state index in [4.69, 9.17) is 0 Å². The maximum Gasteiger partial charge on any atom is 0.225 e. The third-order valence-electron chi connectivity index (χ3n) is 3.33. The quantitative estimate of drug-likeness (QED) is 0.836. The number of carbonyl (C=O) groups is 1. The number of anilines is 1. The molecule has 19 heavy (non-hydrogen) atoms. The van der Waals surface area contributed by atoms with E-state index in [-0.39, 0.29) is 5.91 Å². The van der Waals surface area contributed by atoms with Crippen LogP contribution >= 0.6 is 11.3 Å². The van der Waals surface area contributed by atoms with Crippen molar-refractivity contribution in [3.63, 3.8) is 0 Å². The minimum atomic E-state index is 0.0449. The van der Waals surface area contributed by atoms with E-state index >= 15 is 0 Å². The van der Waals surface area contributed by atoms with E-state index in [1.54, 1.807) is 11.8 Å². The maximum atomic E-state index is 11.4. The molecule has 0 aromatic carbocycles. The number of hydrogen-bond donors (Lipinski definition) is 1. The summed E-state index contributed by atoms with van der Waals surface area (Å²) in [5.74, 6) is 0.0449. The Hall–Kier alpha value is -0.940. The molecule has 108 valence electrons. The summed E-state index contributed by atoms with van der Waals surface area (Å²) in [5, 5.41) is 6.25. The van der Waals surface area contributed by atoms with Gasteiger partial charge in [-0.05, 0) is 18.8 Å². The van der Waals surface area contributed by atoms with E-state index in [1.807, 2.05) is 12.3 Å². The zero-order valence-electron chi connectivity index (χ0n) is 12.6. The van der Waals surface area contributed by atoms with Crippen molar-refractivity contribution in [1.82, 2.24) is 10.3 Å². The molecule has 1 N–H and O–H groups in total. The molecule has 1 amide bonds. The molecule has 0 spiro atoms. The largest absolute Gasteiger partial charge is 0.311 e. The fourth-order valence-corrected chi connectivity index (χ4v) is 2.58. The van der Waals surface area contributed by atoms with E-state index in [0.29, 0.717) is 12.0 Å². The first kappa shape index (κ1) is 16.1. The van der Waals surface area contributed by atoms with Crippen LogP contribution in [0.25, 0.3) is 0 Å². The number of hydrogen-bond acceptors (Lipinski definition) is 4. The second-order valence-electron chi connectivity index (χ2n) is 5.51. The van der Waals surface area contributed by atoms with Crippen LogP contribution in [-0.4, -0.2) is 24.0 Å². The van der Waals surface area contributed by atoms with Crippen LogP contribution in [0.3, 0.4) is 0 Å². The molecule has 0 bridgehead atoms. The summed E-state index contributed by atoms with van der Waals surface area (Å²) in [5.41, 5.74) is 1.32. The Labute approximate surface area is 120 Å². The minimum absolute atomic E-state index is 0.0449. The molecule has 0 aliphatic carbocycles. The first-order chi connectivity index (χ1) is 8.89. The lowest BCUT2D eigenvalue weighted by Gasteiger charge is -2.22. The lowest BCUT2D eigenvalue weighted by Crippen LogP contribution is -2.29. The third-order valence-corrected chi connectivity index (χ3v) is 4.25. The Morgan fingerprint density at radius 1 is 1.47 bits per heavy atom. The standard InChI is InChI=1S/C14H25N3OS/c1-6-14(4,5)10-15-8-12-9-19-13(16-12)17(7-2)11(3)18/h9,15H,6-8,10H2,1-5H3. The van der Waals surface area contributed by atoms with Gasteiger partial charge in [-0.15, -0.1) is 11.3 Å². The molecule has 0 atom stereocenters. The molecule has 0 aliphatic heterocycles. The molecular weight excluding hydrogens is 258 g/mol. The van der Waals surface area contributed by atoms with Crippen LogP contribution in [0.2, 0.25) is 0 Å². The van der Waals surface area contributed by atoms with Crippen molar-refractivity contribution >= 4 is 22.4 Å². The first-order valence-electron chi connectivity index (χ1n) is 6.83. The molecule has 1 rings (SSSR count). The van der Waals surface area contributed by atoms with Crippen LogP contribution < -0.4 is 10.2 Å². The van der Waals surface area contributed by atoms with Gasteiger partial charge in [-0.25, -0.2) is 4.98 Å². The van der Waals surface area contributed by atoms with Crippen molar-refractivity contribution in [2.24, 2.45) is 5.41 Å². The highest BCUT2D eigenvalue weighted by Crippen LogP contribution is 2.21. The zero-order valence-corrected chi connectivity index (χ0v) is 13.4. The third kappa shape index (κ3) is 4.91. The SMILES string of the molecule is CCN(C(C)=O)c1nc(CNCC(C)(C)CC)cs1. The molecule has 0 saturated carbocycles. The van der Waals surface area contributed by atoms with Gasteiger partial charge >= 0.3 is 0 Å². The van der Waals surface area contributed by atoms with Crippen molar-refractivity contribution in [3.8, 4) is 0 Å². The number of nitrogens with zero attached hydrogens (tertiary/aromatic N) is 2. The van der Waals surface area contributed by atoms with Gasteiger partial charge in [0.05, 0.1) is 5.69 Å². The van der Waals surface area contributed by atoms with Gasteiger partial charge in [0.15, 0.2) is 5.13 Å². The van der Waals surface area contributed by atoms with E-state index in [9.17, 15) is 4.79 Å². The predicted octanol–water partition coefficient (Wildman–Crippen LogP) is 3.04. The van der Waals surface area contributed by atoms with E-state index in [0.717, 1.165) is 30.3 Å². The van der Waals surface area contributed by atoms with Gasteiger partial charge in [-0.2, -0.15) is 0 Å². The van der Waals surface area contributed by atoms with Crippen LogP contribution in [0.5, 0.6) is 0 Å². The number of thiazole rings is 1. The fourth-order valence-electron chi connectivity index (χ4n) is 1.65. The van der Waals surface area contributed by atoms with Crippen molar-refractivity contribution in [3.05, 3.63) is 11.1 Å². The molecule has 5 heteroatoms. The van der Waals surface area contributed by atoms with Crippen molar-refractivity contribution < 1.29 is 4.79 Å². The molecule has 1 aromatic heterocycles.